The molecule has 3 N–H and O–H groups in total. The fourth-order valence-electron chi connectivity index (χ4n) is 3.20. The molecule has 2 aromatic heterocycles. The molecule has 0 spiro atoms. The number of aromatic nitrogens is 3. The molecule has 27 heavy (non-hydrogen) atoms. The zero-order valence-electron chi connectivity index (χ0n) is 14.6. The van der Waals surface area contributed by atoms with Crippen LogP contribution in [-0.2, 0) is 10.3 Å². The number of hydrogen-bond donors (Lipinski definition) is 2. The Bertz CT molecular complexity index is 935. The molecule has 3 heterocycles. The summed E-state index contributed by atoms with van der Waals surface area (Å²) in [6.07, 6.45) is 3.24. The molecule has 2 aromatic rings. The maximum atomic E-state index is 14.5. The highest BCUT2D eigenvalue weighted by Gasteiger charge is 2.58. The van der Waals surface area contributed by atoms with Crippen molar-refractivity contribution in [2.45, 2.75) is 25.0 Å². The number of nitrogens with one attached hydrogen (secondary N) is 1. The Kier molecular flexibility index (Phi) is 3.90. The number of aliphatic imine (C=N–C) groups is 1. The highest BCUT2D eigenvalue weighted by atomic mass is 19.1. The van der Waals surface area contributed by atoms with Gasteiger partial charge in [0.25, 0.3) is 11.9 Å². The molecule has 1 saturated carbocycles. The van der Waals surface area contributed by atoms with Crippen LogP contribution in [0.2, 0.25) is 0 Å². The highest BCUT2D eigenvalue weighted by molar-refractivity contribution is 6.02. The van der Waals surface area contributed by atoms with Gasteiger partial charge in [0.15, 0.2) is 0 Å². The van der Waals surface area contributed by atoms with Crippen molar-refractivity contribution in [2.75, 3.05) is 12.4 Å². The summed E-state index contributed by atoms with van der Waals surface area (Å²) in [5.74, 6) is -0.600. The Balaban J connectivity index is 1.61. The van der Waals surface area contributed by atoms with Gasteiger partial charge in [-0.3, -0.25) is 4.79 Å². The SMILES string of the molecule is COc1cnc(C(=O)Nc2ccc(F)c([C@@]3(C)N=C(N)O[C@@H]4CC43)n2)cn1. The lowest BCUT2D eigenvalue weighted by Gasteiger charge is -2.29. The number of anilines is 1. The molecule has 2 aliphatic rings. The lowest BCUT2D eigenvalue weighted by molar-refractivity contribution is 0.102. The minimum absolute atomic E-state index is 0.00907. The Morgan fingerprint density at radius 1 is 1.41 bits per heavy atom. The zero-order valence-corrected chi connectivity index (χ0v) is 14.6. The molecule has 10 heteroatoms. The van der Waals surface area contributed by atoms with Gasteiger partial charge in [0, 0.05) is 5.92 Å². The predicted molar refractivity (Wildman–Crippen MR) is 92.7 cm³/mol. The Morgan fingerprint density at radius 2 is 2.22 bits per heavy atom. The normalized spacial score (nSPS) is 25.7. The van der Waals surface area contributed by atoms with Crippen LogP contribution < -0.4 is 15.8 Å². The van der Waals surface area contributed by atoms with Crippen molar-refractivity contribution in [3.63, 3.8) is 0 Å². The molecular formula is C17H17FN6O3. The highest BCUT2D eigenvalue weighted by Crippen LogP contribution is 2.52. The van der Waals surface area contributed by atoms with Crippen LogP contribution in [0.1, 0.15) is 29.5 Å². The third kappa shape index (κ3) is 3.03. The molecule has 1 aliphatic heterocycles. The van der Waals surface area contributed by atoms with Crippen molar-refractivity contribution in [2.24, 2.45) is 16.6 Å². The van der Waals surface area contributed by atoms with Gasteiger partial charge < -0.3 is 20.5 Å². The molecule has 140 valence electrons. The average molecular weight is 372 g/mol. The van der Waals surface area contributed by atoms with E-state index < -0.39 is 17.3 Å². The molecule has 0 radical (unpaired) electrons. The van der Waals surface area contributed by atoms with Gasteiger partial charge in [-0.05, 0) is 25.5 Å². The van der Waals surface area contributed by atoms with Gasteiger partial charge in [-0.2, -0.15) is 0 Å². The second kappa shape index (κ2) is 6.15. The molecule has 1 aliphatic carbocycles. The Hall–Kier alpha value is -3.30. The first-order valence-corrected chi connectivity index (χ1v) is 8.27. The first-order chi connectivity index (χ1) is 12.9. The first kappa shape index (κ1) is 17.1. The number of fused-ring (bicyclic) bond motifs is 1. The van der Waals surface area contributed by atoms with Crippen LogP contribution >= 0.6 is 0 Å². The number of carbonyl (C=O) groups excluding carboxylic acids is 1. The van der Waals surface area contributed by atoms with Gasteiger partial charge in [-0.15, -0.1) is 0 Å². The molecule has 0 aromatic carbocycles. The zero-order chi connectivity index (χ0) is 19.2. The van der Waals surface area contributed by atoms with Crippen LogP contribution in [-0.4, -0.2) is 40.1 Å². The van der Waals surface area contributed by atoms with Crippen LogP contribution in [0.15, 0.2) is 29.5 Å². The summed E-state index contributed by atoms with van der Waals surface area (Å²) in [5, 5.41) is 2.59. The van der Waals surface area contributed by atoms with E-state index in [9.17, 15) is 9.18 Å². The molecule has 1 unspecified atom stereocenters. The maximum Gasteiger partial charge on any atom is 0.283 e. The minimum Gasteiger partial charge on any atom is -0.480 e. The number of halogens is 1. The second-order valence-electron chi connectivity index (χ2n) is 6.52. The van der Waals surface area contributed by atoms with E-state index in [1.54, 1.807) is 6.92 Å². The van der Waals surface area contributed by atoms with Crippen molar-refractivity contribution in [1.29, 1.82) is 0 Å². The number of nitrogens with zero attached hydrogens (tertiary/aromatic N) is 4. The van der Waals surface area contributed by atoms with E-state index >= 15 is 0 Å². The lowest BCUT2D eigenvalue weighted by atomic mass is 9.90. The predicted octanol–water partition coefficient (Wildman–Crippen LogP) is 1.22. The number of nitrogens with two attached hydrogens (primary N) is 1. The van der Waals surface area contributed by atoms with E-state index in [-0.39, 0.29) is 41.1 Å². The van der Waals surface area contributed by atoms with Crippen LogP contribution in [0, 0.1) is 11.7 Å². The fourth-order valence-corrected chi connectivity index (χ4v) is 3.20. The van der Waals surface area contributed by atoms with E-state index in [1.807, 2.05) is 0 Å². The molecule has 0 saturated heterocycles. The van der Waals surface area contributed by atoms with Crippen LogP contribution in [0.25, 0.3) is 0 Å². The molecule has 4 rings (SSSR count). The molecule has 1 amide bonds. The van der Waals surface area contributed by atoms with E-state index in [1.165, 1.54) is 31.6 Å². The van der Waals surface area contributed by atoms with Gasteiger partial charge in [-0.1, -0.05) is 0 Å². The smallest absolute Gasteiger partial charge is 0.283 e. The summed E-state index contributed by atoms with van der Waals surface area (Å²) in [6.45, 7) is 1.76. The number of hydrogen-bond acceptors (Lipinski definition) is 8. The largest absolute Gasteiger partial charge is 0.480 e. The van der Waals surface area contributed by atoms with E-state index in [4.69, 9.17) is 15.2 Å². The molecule has 3 atom stereocenters. The number of carbonyl (C=O) groups is 1. The van der Waals surface area contributed by atoms with Gasteiger partial charge in [0.1, 0.15) is 34.7 Å². The molecular weight excluding hydrogens is 355 g/mol. The van der Waals surface area contributed by atoms with Crippen molar-refractivity contribution >= 4 is 17.7 Å². The topological polar surface area (TPSA) is 125 Å². The summed E-state index contributed by atoms with van der Waals surface area (Å²) >= 11 is 0. The van der Waals surface area contributed by atoms with E-state index in [0.29, 0.717) is 0 Å². The van der Waals surface area contributed by atoms with Crippen molar-refractivity contribution < 1.29 is 18.7 Å². The minimum atomic E-state index is -0.947. The van der Waals surface area contributed by atoms with Crippen molar-refractivity contribution in [1.82, 2.24) is 15.0 Å². The number of amides is 1. The quantitative estimate of drug-likeness (QED) is 0.827. The molecule has 9 nitrogen and oxygen atoms in total. The second-order valence-corrected chi connectivity index (χ2v) is 6.52. The van der Waals surface area contributed by atoms with Gasteiger partial charge in [-0.25, -0.2) is 24.3 Å². The monoisotopic (exact) mass is 372 g/mol. The summed E-state index contributed by atoms with van der Waals surface area (Å²) in [6, 6.07) is 2.62. The van der Waals surface area contributed by atoms with Crippen molar-refractivity contribution in [3.8, 4) is 5.88 Å². The first-order valence-electron chi connectivity index (χ1n) is 8.27. The van der Waals surface area contributed by atoms with E-state index in [0.717, 1.165) is 6.42 Å². The van der Waals surface area contributed by atoms with E-state index in [2.05, 4.69) is 25.3 Å². The van der Waals surface area contributed by atoms with Gasteiger partial charge in [0.2, 0.25) is 5.88 Å². The van der Waals surface area contributed by atoms with Crippen LogP contribution in [0.4, 0.5) is 10.2 Å². The number of ether oxygens (including phenoxy) is 2. The lowest BCUT2D eigenvalue weighted by Crippen LogP contribution is -2.36. The third-order valence-corrected chi connectivity index (χ3v) is 4.71. The van der Waals surface area contributed by atoms with Crippen LogP contribution in [0.5, 0.6) is 5.88 Å². The molecule has 1 fully saturated rings. The third-order valence-electron chi connectivity index (χ3n) is 4.71. The Labute approximate surface area is 153 Å². The number of amidine groups is 1. The Morgan fingerprint density at radius 3 is 2.93 bits per heavy atom. The van der Waals surface area contributed by atoms with Crippen molar-refractivity contribution in [3.05, 3.63) is 41.7 Å². The summed E-state index contributed by atoms with van der Waals surface area (Å²) in [4.78, 5) is 28.8. The van der Waals surface area contributed by atoms with Crippen LogP contribution in [0.3, 0.4) is 0 Å². The summed E-state index contributed by atoms with van der Waals surface area (Å²) in [7, 11) is 1.45. The number of pyridine rings is 1. The van der Waals surface area contributed by atoms with Gasteiger partial charge >= 0.3 is 0 Å². The number of methoxy groups -OCH3 is 1. The maximum absolute atomic E-state index is 14.5. The number of rotatable bonds is 4. The van der Waals surface area contributed by atoms with Gasteiger partial charge in [0.05, 0.1) is 19.5 Å². The summed E-state index contributed by atoms with van der Waals surface area (Å²) in [5.41, 5.74) is 4.95. The average Bonchev–Trinajstić information content (AvgIpc) is 3.43. The standard InChI is InChI=1S/C17H17FN6O3/c1-17(8-5-11(8)27-16(19)24-17)14-9(18)3-4-12(22-14)23-15(25)10-6-21-13(26-2)7-20-10/h3-4,6-8,11H,5H2,1-2H3,(H2,19,24)(H,22,23,25)/t8?,11-,17+/m1/s1. The fraction of sp³-hybridized carbons (Fsp3) is 0.353. The molecule has 0 bridgehead atoms. The summed E-state index contributed by atoms with van der Waals surface area (Å²) < 4.78 is 24.8.